The number of aryl methyl sites for hydroxylation is 1. The summed E-state index contributed by atoms with van der Waals surface area (Å²) < 4.78 is 2.66. The number of carbonyl (C=O) groups is 1. The van der Waals surface area contributed by atoms with Crippen molar-refractivity contribution in [1.82, 2.24) is 19.8 Å². The molecule has 0 radical (unpaired) electrons. The van der Waals surface area contributed by atoms with Crippen molar-refractivity contribution in [2.75, 3.05) is 0 Å². The van der Waals surface area contributed by atoms with E-state index < -0.39 is 5.91 Å². The first-order chi connectivity index (χ1) is 11.1. The predicted molar refractivity (Wildman–Crippen MR) is 85.3 cm³/mol. The molecule has 1 heterocycles. The van der Waals surface area contributed by atoms with Crippen LogP contribution < -0.4 is 11.4 Å². The van der Waals surface area contributed by atoms with Crippen molar-refractivity contribution in [3.63, 3.8) is 0 Å². The van der Waals surface area contributed by atoms with E-state index in [1.807, 2.05) is 0 Å². The lowest BCUT2D eigenvalue weighted by Crippen LogP contribution is -2.25. The second-order valence-electron chi connectivity index (χ2n) is 6.10. The molecule has 1 saturated carbocycles. The summed E-state index contributed by atoms with van der Waals surface area (Å²) in [5.74, 6) is 0.190. The molecule has 1 aliphatic rings. The fourth-order valence-corrected chi connectivity index (χ4v) is 3.12. The number of aromatic nitrogens is 4. The maximum Gasteiger partial charge on any atom is 0.368 e. The van der Waals surface area contributed by atoms with E-state index in [4.69, 9.17) is 5.73 Å². The summed E-state index contributed by atoms with van der Waals surface area (Å²) in [6.45, 7) is 0.600. The molecule has 0 aliphatic heterocycles. The van der Waals surface area contributed by atoms with Crippen LogP contribution in [-0.2, 0) is 6.54 Å². The summed E-state index contributed by atoms with van der Waals surface area (Å²) >= 11 is 0. The fourth-order valence-electron chi connectivity index (χ4n) is 3.12. The highest BCUT2D eigenvalue weighted by atomic mass is 16.2. The second-order valence-corrected chi connectivity index (χ2v) is 6.10. The zero-order chi connectivity index (χ0) is 16.2. The average molecular weight is 315 g/mol. The van der Waals surface area contributed by atoms with Crippen molar-refractivity contribution in [3.05, 3.63) is 40.3 Å². The van der Waals surface area contributed by atoms with Crippen LogP contribution in [-0.4, -0.2) is 25.7 Å². The molecule has 122 valence electrons. The number of carbonyl (C=O) groups excluding carboxylic acids is 1. The van der Waals surface area contributed by atoms with E-state index in [2.05, 4.69) is 10.4 Å². The van der Waals surface area contributed by atoms with Gasteiger partial charge in [-0.3, -0.25) is 4.79 Å². The van der Waals surface area contributed by atoms with Gasteiger partial charge >= 0.3 is 5.69 Å². The summed E-state index contributed by atoms with van der Waals surface area (Å²) in [5, 5.41) is 7.88. The number of benzene rings is 1. The van der Waals surface area contributed by atoms with Crippen molar-refractivity contribution in [3.8, 4) is 5.69 Å². The van der Waals surface area contributed by atoms with Gasteiger partial charge in [-0.25, -0.2) is 4.79 Å². The van der Waals surface area contributed by atoms with Gasteiger partial charge in [0, 0.05) is 12.1 Å². The van der Waals surface area contributed by atoms with Gasteiger partial charge < -0.3 is 5.73 Å². The van der Waals surface area contributed by atoms with Crippen LogP contribution in [0.15, 0.2) is 29.1 Å². The fraction of sp³-hybridized carbons (Fsp3) is 0.500. The Hall–Kier alpha value is -2.44. The van der Waals surface area contributed by atoms with Crippen LogP contribution in [0, 0.1) is 5.92 Å². The predicted octanol–water partition coefficient (Wildman–Crippen LogP) is 1.50. The molecule has 0 saturated heterocycles. The Bertz CT molecular complexity index is 726. The molecule has 1 aromatic heterocycles. The number of hydrogen-bond acceptors (Lipinski definition) is 4. The molecule has 2 aromatic rings. The van der Waals surface area contributed by atoms with Crippen molar-refractivity contribution in [2.45, 2.75) is 45.1 Å². The summed E-state index contributed by atoms with van der Waals surface area (Å²) in [4.78, 5) is 23.4. The van der Waals surface area contributed by atoms with Gasteiger partial charge in [0.2, 0.25) is 5.91 Å². The number of rotatable bonds is 5. The van der Waals surface area contributed by atoms with Gasteiger partial charge in [-0.2, -0.15) is 9.36 Å². The molecule has 0 unspecified atom stereocenters. The van der Waals surface area contributed by atoms with Crippen molar-refractivity contribution in [2.24, 2.45) is 11.7 Å². The van der Waals surface area contributed by atoms with Gasteiger partial charge in [-0.05, 0) is 47.0 Å². The Morgan fingerprint density at radius 2 is 1.83 bits per heavy atom. The number of amides is 1. The Morgan fingerprint density at radius 3 is 2.48 bits per heavy atom. The van der Waals surface area contributed by atoms with E-state index in [-0.39, 0.29) is 5.69 Å². The first-order valence-electron chi connectivity index (χ1n) is 8.08. The Morgan fingerprint density at radius 1 is 1.13 bits per heavy atom. The van der Waals surface area contributed by atoms with Crippen molar-refractivity contribution >= 4 is 5.91 Å². The molecule has 0 atom stereocenters. The van der Waals surface area contributed by atoms with Crippen molar-refractivity contribution < 1.29 is 4.79 Å². The van der Waals surface area contributed by atoms with E-state index in [0.717, 1.165) is 6.42 Å². The molecule has 1 aromatic carbocycles. The Labute approximate surface area is 134 Å². The van der Waals surface area contributed by atoms with Crippen LogP contribution in [0.2, 0.25) is 0 Å². The molecule has 1 amide bonds. The molecular formula is C16H21N5O2. The maximum atomic E-state index is 12.4. The second kappa shape index (κ2) is 6.76. The highest BCUT2D eigenvalue weighted by Crippen LogP contribution is 2.26. The van der Waals surface area contributed by atoms with E-state index >= 15 is 0 Å². The summed E-state index contributed by atoms with van der Waals surface area (Å²) in [5.41, 5.74) is 5.92. The van der Waals surface area contributed by atoms with Crippen LogP contribution in [0.4, 0.5) is 0 Å². The minimum atomic E-state index is -0.500. The molecular weight excluding hydrogens is 294 g/mol. The monoisotopic (exact) mass is 315 g/mol. The number of nitrogens with two attached hydrogens (primary N) is 1. The van der Waals surface area contributed by atoms with Gasteiger partial charge in [0.25, 0.3) is 0 Å². The quantitative estimate of drug-likeness (QED) is 0.904. The summed E-state index contributed by atoms with van der Waals surface area (Å²) in [6, 6.07) is 6.43. The minimum absolute atomic E-state index is 0.257. The van der Waals surface area contributed by atoms with E-state index in [1.54, 1.807) is 24.3 Å². The smallest absolute Gasteiger partial charge is 0.366 e. The molecule has 3 rings (SSSR count). The van der Waals surface area contributed by atoms with E-state index in [1.165, 1.54) is 41.5 Å². The average Bonchev–Trinajstić information content (AvgIpc) is 2.95. The van der Waals surface area contributed by atoms with Crippen LogP contribution in [0.5, 0.6) is 0 Å². The zero-order valence-electron chi connectivity index (χ0n) is 13.0. The number of nitrogens with zero attached hydrogens (tertiary/aromatic N) is 4. The zero-order valence-corrected chi connectivity index (χ0v) is 13.0. The lowest BCUT2D eigenvalue weighted by molar-refractivity contribution is 0.100. The molecule has 1 aliphatic carbocycles. The van der Waals surface area contributed by atoms with Gasteiger partial charge in [0.1, 0.15) is 0 Å². The van der Waals surface area contributed by atoms with Gasteiger partial charge in [0.15, 0.2) is 0 Å². The van der Waals surface area contributed by atoms with Crippen molar-refractivity contribution in [1.29, 1.82) is 0 Å². The third-order valence-corrected chi connectivity index (χ3v) is 4.51. The molecule has 1 fully saturated rings. The Balaban J connectivity index is 1.71. The normalized spacial score (nSPS) is 15.7. The summed E-state index contributed by atoms with van der Waals surface area (Å²) in [6.07, 6.45) is 7.37. The first-order valence-corrected chi connectivity index (χ1v) is 8.08. The lowest BCUT2D eigenvalue weighted by atomic mass is 9.87. The van der Waals surface area contributed by atoms with Crippen LogP contribution in [0.3, 0.4) is 0 Å². The highest BCUT2D eigenvalue weighted by molar-refractivity contribution is 5.92. The molecule has 0 bridgehead atoms. The number of tetrazole rings is 1. The third kappa shape index (κ3) is 3.49. The molecule has 23 heavy (non-hydrogen) atoms. The Kier molecular flexibility index (Phi) is 4.55. The molecule has 0 spiro atoms. The maximum absolute atomic E-state index is 12.4. The minimum Gasteiger partial charge on any atom is -0.366 e. The summed E-state index contributed by atoms with van der Waals surface area (Å²) in [7, 11) is 0. The van der Waals surface area contributed by atoms with Crippen LogP contribution in [0.1, 0.15) is 48.9 Å². The van der Waals surface area contributed by atoms with E-state index in [0.29, 0.717) is 23.7 Å². The van der Waals surface area contributed by atoms with Gasteiger partial charge in [0.05, 0.1) is 5.69 Å². The SMILES string of the molecule is NC(=O)c1ccc(-n2nnn(CCC3CCCCC3)c2=O)cc1. The third-order valence-electron chi connectivity index (χ3n) is 4.51. The van der Waals surface area contributed by atoms with Gasteiger partial charge in [-0.15, -0.1) is 0 Å². The van der Waals surface area contributed by atoms with E-state index in [9.17, 15) is 9.59 Å². The van der Waals surface area contributed by atoms with Crippen LogP contribution >= 0.6 is 0 Å². The first kappa shape index (κ1) is 15.5. The molecule has 7 nitrogen and oxygen atoms in total. The molecule has 7 heteroatoms. The van der Waals surface area contributed by atoms with Crippen LogP contribution in [0.25, 0.3) is 5.69 Å². The lowest BCUT2D eigenvalue weighted by Gasteiger charge is -2.20. The highest BCUT2D eigenvalue weighted by Gasteiger charge is 2.15. The van der Waals surface area contributed by atoms with Gasteiger partial charge in [-0.1, -0.05) is 32.1 Å². The largest absolute Gasteiger partial charge is 0.368 e. The number of hydrogen-bond donors (Lipinski definition) is 1. The standard InChI is InChI=1S/C16H21N5O2/c17-15(22)13-6-8-14(9-7-13)21-16(23)20(18-19-21)11-10-12-4-2-1-3-5-12/h6-9,12H,1-5,10-11H2,(H2,17,22). The number of primary amides is 1. The topological polar surface area (TPSA) is 95.8 Å². The molecule has 2 N–H and O–H groups in total.